The van der Waals surface area contributed by atoms with Crippen LogP contribution in [-0.4, -0.2) is 33.0 Å². The third-order valence-corrected chi connectivity index (χ3v) is 5.03. The monoisotopic (exact) mass is 309 g/mol. The van der Waals surface area contributed by atoms with Crippen molar-refractivity contribution in [3.8, 4) is 0 Å². The van der Waals surface area contributed by atoms with Gasteiger partial charge in [-0.25, -0.2) is 8.42 Å². The Morgan fingerprint density at radius 2 is 1.70 bits per heavy atom. The predicted molar refractivity (Wildman–Crippen MR) is 72.3 cm³/mol. The van der Waals surface area contributed by atoms with Crippen LogP contribution in [0.5, 0.6) is 0 Å². The lowest BCUT2D eigenvalue weighted by molar-refractivity contribution is -0.137. The predicted octanol–water partition coefficient (Wildman–Crippen LogP) is 2.27. The van der Waals surface area contributed by atoms with Gasteiger partial charge in [0.15, 0.2) is 9.84 Å². The minimum atomic E-state index is -4.36. The average molecular weight is 309 g/mol. The van der Waals surface area contributed by atoms with E-state index in [0.29, 0.717) is 12.0 Å². The normalized spacial score (nSPS) is 15.9. The molecular formula is C13H18F3NO2S. The summed E-state index contributed by atoms with van der Waals surface area (Å²) in [6.07, 6.45) is -2.86. The van der Waals surface area contributed by atoms with E-state index in [4.69, 9.17) is 0 Å². The molecule has 0 bridgehead atoms. The lowest BCUT2D eigenvalue weighted by atomic mass is 10.0. The fraction of sp³-hybridized carbons (Fsp3) is 0.538. The van der Waals surface area contributed by atoms with Gasteiger partial charge in [-0.2, -0.15) is 13.2 Å². The zero-order valence-electron chi connectivity index (χ0n) is 11.5. The summed E-state index contributed by atoms with van der Waals surface area (Å²) in [5, 5.41) is 2.28. The third kappa shape index (κ3) is 4.49. The number of benzene rings is 1. The molecule has 0 fully saturated rings. The summed E-state index contributed by atoms with van der Waals surface area (Å²) in [6, 6.07) is 4.42. The Morgan fingerprint density at radius 3 is 2.05 bits per heavy atom. The van der Waals surface area contributed by atoms with Crippen LogP contribution in [-0.2, 0) is 22.4 Å². The number of nitrogens with one attached hydrogen (secondary N) is 1. The van der Waals surface area contributed by atoms with E-state index in [1.54, 1.807) is 14.0 Å². The number of halogens is 3. The van der Waals surface area contributed by atoms with Gasteiger partial charge in [-0.15, -0.1) is 0 Å². The van der Waals surface area contributed by atoms with Gasteiger partial charge in [0.2, 0.25) is 0 Å². The van der Waals surface area contributed by atoms with Crippen molar-refractivity contribution in [1.29, 1.82) is 0 Å². The van der Waals surface area contributed by atoms with Gasteiger partial charge in [-0.1, -0.05) is 12.1 Å². The van der Waals surface area contributed by atoms with Gasteiger partial charge in [0, 0.05) is 12.3 Å². The first-order valence-corrected chi connectivity index (χ1v) is 8.03. The van der Waals surface area contributed by atoms with Crippen LogP contribution in [0, 0.1) is 0 Å². The summed E-state index contributed by atoms with van der Waals surface area (Å²) >= 11 is 0. The van der Waals surface area contributed by atoms with Crippen molar-refractivity contribution in [1.82, 2.24) is 5.32 Å². The molecule has 0 saturated carbocycles. The van der Waals surface area contributed by atoms with Gasteiger partial charge in [0.1, 0.15) is 0 Å². The smallest absolute Gasteiger partial charge is 0.315 e. The van der Waals surface area contributed by atoms with Gasteiger partial charge in [-0.3, -0.25) is 0 Å². The molecule has 0 amide bonds. The minimum Gasteiger partial charge on any atom is -0.315 e. The first-order valence-electron chi connectivity index (χ1n) is 6.08. The molecule has 0 radical (unpaired) electrons. The average Bonchev–Trinajstić information content (AvgIpc) is 2.33. The van der Waals surface area contributed by atoms with Crippen LogP contribution in [0.2, 0.25) is 0 Å². The van der Waals surface area contributed by atoms with Gasteiger partial charge in [0.25, 0.3) is 0 Å². The Kier molecular flexibility index (Phi) is 5.21. The summed E-state index contributed by atoms with van der Waals surface area (Å²) in [7, 11) is -1.57. The fourth-order valence-electron chi connectivity index (χ4n) is 1.88. The van der Waals surface area contributed by atoms with Gasteiger partial charge >= 0.3 is 6.18 Å². The van der Waals surface area contributed by atoms with Crippen molar-refractivity contribution in [3.05, 3.63) is 35.4 Å². The highest BCUT2D eigenvalue weighted by molar-refractivity contribution is 7.91. The summed E-state index contributed by atoms with van der Waals surface area (Å²) in [5.41, 5.74) is -0.0498. The summed E-state index contributed by atoms with van der Waals surface area (Å²) in [6.45, 7) is 1.58. The number of likely N-dealkylation sites (N-methyl/N-ethyl adjacent to an activating group) is 1. The molecule has 3 nitrogen and oxygen atoms in total. The maximum Gasteiger partial charge on any atom is 0.416 e. The SMILES string of the molecule is CNC(Cc1ccc(C(F)(F)F)cc1)C(C)S(C)(=O)=O. The Bertz CT molecular complexity index is 538. The highest BCUT2D eigenvalue weighted by atomic mass is 32.2. The topological polar surface area (TPSA) is 46.2 Å². The summed E-state index contributed by atoms with van der Waals surface area (Å²) in [5.74, 6) is 0. The molecule has 2 unspecified atom stereocenters. The van der Waals surface area contributed by atoms with Gasteiger partial charge in [0.05, 0.1) is 10.8 Å². The first-order chi connectivity index (χ1) is 9.05. The minimum absolute atomic E-state index is 0.346. The zero-order chi connectivity index (χ0) is 15.6. The second-order valence-electron chi connectivity index (χ2n) is 4.83. The number of hydrogen-bond acceptors (Lipinski definition) is 3. The van der Waals surface area contributed by atoms with Crippen LogP contribution in [0.4, 0.5) is 13.2 Å². The van der Waals surface area contributed by atoms with Crippen molar-refractivity contribution in [2.24, 2.45) is 0 Å². The van der Waals surface area contributed by atoms with Crippen LogP contribution < -0.4 is 5.32 Å². The van der Waals surface area contributed by atoms with E-state index in [-0.39, 0.29) is 6.04 Å². The maximum absolute atomic E-state index is 12.4. The van der Waals surface area contributed by atoms with Crippen LogP contribution in [0.1, 0.15) is 18.1 Å². The van der Waals surface area contributed by atoms with E-state index in [2.05, 4.69) is 5.32 Å². The Balaban J connectivity index is 2.87. The molecule has 0 spiro atoms. The van der Waals surface area contributed by atoms with E-state index in [1.165, 1.54) is 12.1 Å². The van der Waals surface area contributed by atoms with E-state index < -0.39 is 26.8 Å². The van der Waals surface area contributed by atoms with E-state index in [1.807, 2.05) is 0 Å². The van der Waals surface area contributed by atoms with E-state index >= 15 is 0 Å². The van der Waals surface area contributed by atoms with Crippen LogP contribution in [0.15, 0.2) is 24.3 Å². The van der Waals surface area contributed by atoms with Crippen molar-refractivity contribution in [2.75, 3.05) is 13.3 Å². The second kappa shape index (κ2) is 6.13. The highest BCUT2D eigenvalue weighted by Gasteiger charge is 2.30. The molecule has 1 rings (SSSR count). The van der Waals surface area contributed by atoms with Crippen LogP contribution in [0.25, 0.3) is 0 Å². The zero-order valence-corrected chi connectivity index (χ0v) is 12.3. The largest absolute Gasteiger partial charge is 0.416 e. The molecule has 0 aliphatic heterocycles. The standard InChI is InChI=1S/C13H18F3NO2S/c1-9(20(3,18)19)12(17-2)8-10-4-6-11(7-5-10)13(14,15)16/h4-7,9,12,17H,8H2,1-3H3. The molecule has 0 heterocycles. The molecule has 20 heavy (non-hydrogen) atoms. The molecular weight excluding hydrogens is 291 g/mol. The summed E-state index contributed by atoms with van der Waals surface area (Å²) < 4.78 is 60.4. The van der Waals surface area contributed by atoms with Crippen molar-refractivity contribution in [2.45, 2.75) is 30.8 Å². The number of alkyl halides is 3. The highest BCUT2D eigenvalue weighted by Crippen LogP contribution is 2.29. The third-order valence-electron chi connectivity index (χ3n) is 3.35. The van der Waals surface area contributed by atoms with Crippen molar-refractivity contribution >= 4 is 9.84 Å². The van der Waals surface area contributed by atoms with E-state index in [9.17, 15) is 21.6 Å². The summed E-state index contributed by atoms with van der Waals surface area (Å²) in [4.78, 5) is 0. The lowest BCUT2D eigenvalue weighted by Gasteiger charge is -2.22. The molecule has 0 aliphatic rings. The van der Waals surface area contributed by atoms with Crippen LogP contribution >= 0.6 is 0 Å². The second-order valence-corrected chi connectivity index (χ2v) is 7.23. The lowest BCUT2D eigenvalue weighted by Crippen LogP contribution is -2.41. The Morgan fingerprint density at radius 1 is 1.20 bits per heavy atom. The molecule has 1 aromatic rings. The number of sulfone groups is 1. The molecule has 0 saturated heterocycles. The van der Waals surface area contributed by atoms with E-state index in [0.717, 1.165) is 18.4 Å². The number of rotatable bonds is 5. The molecule has 0 aromatic heterocycles. The first kappa shape index (κ1) is 17.0. The molecule has 2 atom stereocenters. The van der Waals surface area contributed by atoms with Crippen molar-refractivity contribution < 1.29 is 21.6 Å². The molecule has 1 N–H and O–H groups in total. The van der Waals surface area contributed by atoms with Crippen molar-refractivity contribution in [3.63, 3.8) is 0 Å². The van der Waals surface area contributed by atoms with Gasteiger partial charge in [-0.05, 0) is 38.1 Å². The Hall–Kier alpha value is -1.08. The maximum atomic E-state index is 12.4. The van der Waals surface area contributed by atoms with Crippen LogP contribution in [0.3, 0.4) is 0 Å². The molecule has 114 valence electrons. The fourth-order valence-corrected chi connectivity index (χ4v) is 2.71. The molecule has 7 heteroatoms. The Labute approximate surface area is 117 Å². The van der Waals surface area contributed by atoms with Gasteiger partial charge < -0.3 is 5.32 Å². The molecule has 0 aliphatic carbocycles. The quantitative estimate of drug-likeness (QED) is 0.907. The number of hydrogen-bond donors (Lipinski definition) is 1. The molecule has 1 aromatic carbocycles.